The summed E-state index contributed by atoms with van der Waals surface area (Å²) in [4.78, 5) is 14.2. The van der Waals surface area contributed by atoms with Crippen molar-refractivity contribution >= 4 is 23.3 Å². The van der Waals surface area contributed by atoms with E-state index in [0.29, 0.717) is 47.4 Å². The van der Waals surface area contributed by atoms with E-state index in [-0.39, 0.29) is 12.1 Å². The van der Waals surface area contributed by atoms with Crippen LogP contribution in [0.3, 0.4) is 0 Å². The molecule has 1 aliphatic heterocycles. The molecule has 128 valence electrons. The van der Waals surface area contributed by atoms with Gasteiger partial charge in [-0.1, -0.05) is 35.8 Å². The largest absolute Gasteiger partial charge is 0.487 e. The summed E-state index contributed by atoms with van der Waals surface area (Å²) in [5.74, 6) is 1.33. The number of carbonyl (C=O) groups is 1. The van der Waals surface area contributed by atoms with E-state index in [1.165, 1.54) is 0 Å². The smallest absolute Gasteiger partial charge is 0.322 e. The number of amides is 2. The fourth-order valence-electron chi connectivity index (χ4n) is 2.73. The zero-order valence-corrected chi connectivity index (χ0v) is 14.5. The highest BCUT2D eigenvalue weighted by Crippen LogP contribution is 2.27. The number of nitrogens with zero attached hydrogens (tertiary/aromatic N) is 2. The Bertz CT molecular complexity index is 732. The number of urea groups is 1. The van der Waals surface area contributed by atoms with Crippen LogP contribution in [0.15, 0.2) is 28.8 Å². The standard InChI is InChI=1S/C17H20ClN3O3/c1-3-14-16(11(2)20-24-14)19-17(22)21-9-8-12(10-21)23-15-7-5-4-6-13(15)18/h4-7,12H,3,8-10H2,1-2H3,(H,19,22)/t12-/m0/s1. The number of anilines is 1. The highest BCUT2D eigenvalue weighted by atomic mass is 35.5. The number of rotatable bonds is 4. The third-order valence-corrected chi connectivity index (χ3v) is 4.36. The second kappa shape index (κ2) is 7.13. The van der Waals surface area contributed by atoms with Crippen LogP contribution in [-0.2, 0) is 6.42 Å². The Hall–Kier alpha value is -2.21. The third kappa shape index (κ3) is 3.48. The number of para-hydroxylation sites is 1. The van der Waals surface area contributed by atoms with Gasteiger partial charge in [0.1, 0.15) is 23.2 Å². The van der Waals surface area contributed by atoms with E-state index in [0.717, 1.165) is 6.42 Å². The van der Waals surface area contributed by atoms with Crippen LogP contribution >= 0.6 is 11.6 Å². The quantitative estimate of drug-likeness (QED) is 0.909. The number of aromatic nitrogens is 1. The summed E-state index contributed by atoms with van der Waals surface area (Å²) in [6.07, 6.45) is 1.38. The first-order valence-electron chi connectivity index (χ1n) is 8.00. The number of nitrogens with one attached hydrogen (secondary N) is 1. The Morgan fingerprint density at radius 3 is 3.04 bits per heavy atom. The lowest BCUT2D eigenvalue weighted by Gasteiger charge is -2.18. The van der Waals surface area contributed by atoms with Crippen LogP contribution in [0.5, 0.6) is 5.75 Å². The summed E-state index contributed by atoms with van der Waals surface area (Å²) in [6, 6.07) is 7.19. The first kappa shape index (κ1) is 16.6. The van der Waals surface area contributed by atoms with Crippen LogP contribution < -0.4 is 10.1 Å². The zero-order valence-electron chi connectivity index (χ0n) is 13.7. The van der Waals surface area contributed by atoms with Crippen molar-refractivity contribution in [3.05, 3.63) is 40.7 Å². The van der Waals surface area contributed by atoms with Gasteiger partial charge in [-0.2, -0.15) is 0 Å². The number of likely N-dealkylation sites (tertiary alicyclic amines) is 1. The second-order valence-electron chi connectivity index (χ2n) is 5.75. The monoisotopic (exact) mass is 349 g/mol. The van der Waals surface area contributed by atoms with Crippen molar-refractivity contribution in [3.8, 4) is 5.75 Å². The highest BCUT2D eigenvalue weighted by Gasteiger charge is 2.29. The van der Waals surface area contributed by atoms with Crippen molar-refractivity contribution in [2.45, 2.75) is 32.8 Å². The molecule has 1 aromatic heterocycles. The topological polar surface area (TPSA) is 67.6 Å². The molecular weight excluding hydrogens is 330 g/mol. The van der Waals surface area contributed by atoms with Crippen molar-refractivity contribution in [2.75, 3.05) is 18.4 Å². The van der Waals surface area contributed by atoms with E-state index in [1.54, 1.807) is 11.0 Å². The van der Waals surface area contributed by atoms with E-state index >= 15 is 0 Å². The molecule has 0 saturated carbocycles. The van der Waals surface area contributed by atoms with E-state index in [9.17, 15) is 4.79 Å². The van der Waals surface area contributed by atoms with Gasteiger partial charge in [0.25, 0.3) is 0 Å². The maximum atomic E-state index is 12.5. The predicted molar refractivity (Wildman–Crippen MR) is 91.7 cm³/mol. The lowest BCUT2D eigenvalue weighted by molar-refractivity contribution is 0.195. The Morgan fingerprint density at radius 2 is 2.29 bits per heavy atom. The van der Waals surface area contributed by atoms with Crippen molar-refractivity contribution < 1.29 is 14.1 Å². The van der Waals surface area contributed by atoms with Gasteiger partial charge in [-0.25, -0.2) is 4.79 Å². The van der Waals surface area contributed by atoms with Gasteiger partial charge in [0.15, 0.2) is 5.76 Å². The summed E-state index contributed by atoms with van der Waals surface area (Å²) in [6.45, 7) is 4.92. The summed E-state index contributed by atoms with van der Waals surface area (Å²) < 4.78 is 11.1. The molecule has 1 fully saturated rings. The molecule has 2 amide bonds. The zero-order chi connectivity index (χ0) is 17.1. The fourth-order valence-corrected chi connectivity index (χ4v) is 2.91. The van der Waals surface area contributed by atoms with Crippen LogP contribution in [0.2, 0.25) is 5.02 Å². The summed E-state index contributed by atoms with van der Waals surface area (Å²) >= 11 is 6.11. The predicted octanol–water partition coefficient (Wildman–Crippen LogP) is 3.88. The molecule has 24 heavy (non-hydrogen) atoms. The molecule has 1 saturated heterocycles. The van der Waals surface area contributed by atoms with Crippen molar-refractivity contribution in [3.63, 3.8) is 0 Å². The SMILES string of the molecule is CCc1onc(C)c1NC(=O)N1CC[C@H](Oc2ccccc2Cl)C1. The molecule has 0 spiro atoms. The average Bonchev–Trinajstić information content (AvgIpc) is 3.17. The van der Waals surface area contributed by atoms with Crippen LogP contribution in [0.25, 0.3) is 0 Å². The minimum absolute atomic E-state index is 0.0649. The molecule has 1 N–H and O–H groups in total. The number of aryl methyl sites for hydroxylation is 2. The highest BCUT2D eigenvalue weighted by molar-refractivity contribution is 6.32. The molecule has 0 aliphatic carbocycles. The molecule has 6 nitrogen and oxygen atoms in total. The minimum atomic E-state index is -0.166. The summed E-state index contributed by atoms with van der Waals surface area (Å²) in [5, 5.41) is 7.37. The van der Waals surface area contributed by atoms with Crippen LogP contribution in [0.1, 0.15) is 24.8 Å². The number of hydrogen-bond donors (Lipinski definition) is 1. The summed E-state index contributed by atoms with van der Waals surface area (Å²) in [7, 11) is 0. The lowest BCUT2D eigenvalue weighted by atomic mass is 10.2. The Labute approximate surface area is 145 Å². The van der Waals surface area contributed by atoms with Crippen molar-refractivity contribution in [1.82, 2.24) is 10.1 Å². The Morgan fingerprint density at radius 1 is 1.50 bits per heavy atom. The maximum Gasteiger partial charge on any atom is 0.322 e. The van der Waals surface area contributed by atoms with E-state index in [4.69, 9.17) is 20.9 Å². The molecule has 0 bridgehead atoms. The molecule has 2 heterocycles. The van der Waals surface area contributed by atoms with Crippen LogP contribution in [0, 0.1) is 6.92 Å². The molecule has 7 heteroatoms. The van der Waals surface area contributed by atoms with E-state index in [2.05, 4.69) is 10.5 Å². The second-order valence-corrected chi connectivity index (χ2v) is 6.16. The van der Waals surface area contributed by atoms with Gasteiger partial charge in [-0.15, -0.1) is 0 Å². The number of ether oxygens (including phenoxy) is 1. The number of halogens is 1. The number of carbonyl (C=O) groups excluding carboxylic acids is 1. The molecular formula is C17H20ClN3O3. The van der Waals surface area contributed by atoms with Gasteiger partial charge in [0.2, 0.25) is 0 Å². The first-order valence-corrected chi connectivity index (χ1v) is 8.38. The molecule has 0 unspecified atom stereocenters. The molecule has 3 rings (SSSR count). The Kier molecular flexibility index (Phi) is 4.94. The minimum Gasteiger partial charge on any atom is -0.487 e. The van der Waals surface area contributed by atoms with Crippen molar-refractivity contribution in [2.24, 2.45) is 0 Å². The van der Waals surface area contributed by atoms with Gasteiger partial charge in [0.05, 0.1) is 11.6 Å². The average molecular weight is 350 g/mol. The van der Waals surface area contributed by atoms with Gasteiger partial charge < -0.3 is 19.5 Å². The lowest BCUT2D eigenvalue weighted by Crippen LogP contribution is -2.34. The Balaban J connectivity index is 1.60. The molecule has 0 radical (unpaired) electrons. The molecule has 1 atom stereocenters. The molecule has 2 aromatic rings. The number of hydrogen-bond acceptors (Lipinski definition) is 4. The van der Waals surface area contributed by atoms with Gasteiger partial charge in [-0.05, 0) is 19.1 Å². The first-order chi connectivity index (χ1) is 11.6. The molecule has 1 aromatic carbocycles. The van der Waals surface area contributed by atoms with Crippen LogP contribution in [0.4, 0.5) is 10.5 Å². The number of benzene rings is 1. The van der Waals surface area contributed by atoms with Gasteiger partial charge in [0, 0.05) is 19.4 Å². The molecule has 1 aliphatic rings. The van der Waals surface area contributed by atoms with Crippen molar-refractivity contribution in [1.29, 1.82) is 0 Å². The normalized spacial score (nSPS) is 17.1. The third-order valence-electron chi connectivity index (χ3n) is 4.05. The fraction of sp³-hybridized carbons (Fsp3) is 0.412. The maximum absolute atomic E-state index is 12.5. The van der Waals surface area contributed by atoms with E-state index < -0.39 is 0 Å². The van der Waals surface area contributed by atoms with Gasteiger partial charge in [-0.3, -0.25) is 0 Å². The summed E-state index contributed by atoms with van der Waals surface area (Å²) in [5.41, 5.74) is 1.35. The van der Waals surface area contributed by atoms with Gasteiger partial charge >= 0.3 is 6.03 Å². The van der Waals surface area contributed by atoms with Crippen LogP contribution in [-0.4, -0.2) is 35.3 Å². The van der Waals surface area contributed by atoms with E-state index in [1.807, 2.05) is 32.0 Å².